The van der Waals surface area contributed by atoms with Gasteiger partial charge in [-0.15, -0.1) is 5.10 Å². The zero-order chi connectivity index (χ0) is 19.7. The van der Waals surface area contributed by atoms with E-state index in [4.69, 9.17) is 4.98 Å². The van der Waals surface area contributed by atoms with Gasteiger partial charge in [-0.25, -0.2) is 9.97 Å². The van der Waals surface area contributed by atoms with Gasteiger partial charge in [-0.1, -0.05) is 43.2 Å². The van der Waals surface area contributed by atoms with Gasteiger partial charge in [-0.05, 0) is 38.8 Å². The topological polar surface area (TPSA) is 96.0 Å². The van der Waals surface area contributed by atoms with Gasteiger partial charge in [0.05, 0.1) is 16.8 Å². The average Bonchev–Trinajstić information content (AvgIpc) is 3.11. The standard InChI is InChI=1S/C20H22N6OS/c1-13(18(27)24-20(12-21)10-6-3-7-11-20)28-19-23-16-9-5-4-8-15(16)17-22-14(2)25-26(17)19/h4-5,8-9,13H,3,6-7,10-11H2,1-2H3,(H,24,27). The molecule has 3 aromatic rings. The van der Waals surface area contributed by atoms with E-state index in [2.05, 4.69) is 21.5 Å². The second-order valence-electron chi connectivity index (χ2n) is 7.31. The smallest absolute Gasteiger partial charge is 0.234 e. The molecule has 144 valence electrons. The zero-order valence-electron chi connectivity index (χ0n) is 16.0. The van der Waals surface area contributed by atoms with E-state index >= 15 is 0 Å². The van der Waals surface area contributed by atoms with Crippen LogP contribution in [-0.4, -0.2) is 36.3 Å². The predicted octanol–water partition coefficient (Wildman–Crippen LogP) is 3.41. The molecule has 2 heterocycles. The lowest BCUT2D eigenvalue weighted by Crippen LogP contribution is -2.51. The van der Waals surface area contributed by atoms with E-state index in [0.717, 1.165) is 35.8 Å². The third-order valence-corrected chi connectivity index (χ3v) is 6.23. The van der Waals surface area contributed by atoms with Crippen molar-refractivity contribution in [1.82, 2.24) is 24.9 Å². The average molecular weight is 395 g/mol. The summed E-state index contributed by atoms with van der Waals surface area (Å²) < 4.78 is 1.70. The Kier molecular flexibility index (Phi) is 4.94. The molecule has 1 fully saturated rings. The van der Waals surface area contributed by atoms with Gasteiger partial charge in [0.2, 0.25) is 5.91 Å². The summed E-state index contributed by atoms with van der Waals surface area (Å²) >= 11 is 1.34. The van der Waals surface area contributed by atoms with Crippen molar-refractivity contribution >= 4 is 34.2 Å². The third-order valence-electron chi connectivity index (χ3n) is 5.19. The first-order chi connectivity index (χ1) is 13.5. The molecule has 1 saturated carbocycles. The molecule has 1 aromatic carbocycles. The van der Waals surface area contributed by atoms with Crippen LogP contribution in [0, 0.1) is 18.3 Å². The van der Waals surface area contributed by atoms with Crippen molar-refractivity contribution in [3.63, 3.8) is 0 Å². The number of thioether (sulfide) groups is 1. The molecule has 1 aliphatic carbocycles. The normalized spacial score (nSPS) is 17.3. The fraction of sp³-hybridized carbons (Fsp3) is 0.450. The summed E-state index contributed by atoms with van der Waals surface area (Å²) in [6, 6.07) is 10.1. The Morgan fingerprint density at radius 2 is 2.04 bits per heavy atom. The number of rotatable bonds is 4. The third kappa shape index (κ3) is 3.42. The largest absolute Gasteiger partial charge is 0.337 e. The van der Waals surface area contributed by atoms with E-state index in [1.807, 2.05) is 38.1 Å². The van der Waals surface area contributed by atoms with E-state index in [0.29, 0.717) is 23.8 Å². The molecule has 28 heavy (non-hydrogen) atoms. The number of aryl methyl sites for hydroxylation is 1. The lowest BCUT2D eigenvalue weighted by atomic mass is 9.83. The predicted molar refractivity (Wildman–Crippen MR) is 108 cm³/mol. The van der Waals surface area contributed by atoms with Crippen molar-refractivity contribution in [2.24, 2.45) is 0 Å². The van der Waals surface area contributed by atoms with Gasteiger partial charge in [0.15, 0.2) is 10.8 Å². The molecule has 1 N–H and O–H groups in total. The van der Waals surface area contributed by atoms with Crippen molar-refractivity contribution in [2.45, 2.75) is 61.9 Å². The van der Waals surface area contributed by atoms with Crippen LogP contribution in [0.15, 0.2) is 29.4 Å². The van der Waals surface area contributed by atoms with Gasteiger partial charge in [-0.3, -0.25) is 4.79 Å². The van der Waals surface area contributed by atoms with Crippen LogP contribution in [0.4, 0.5) is 0 Å². The summed E-state index contributed by atoms with van der Waals surface area (Å²) in [5, 5.41) is 18.2. The minimum atomic E-state index is -0.736. The zero-order valence-corrected chi connectivity index (χ0v) is 16.8. The molecule has 0 radical (unpaired) electrons. The van der Waals surface area contributed by atoms with E-state index in [9.17, 15) is 10.1 Å². The SMILES string of the molecule is Cc1nc2c3ccccc3nc(SC(C)C(=O)NC3(C#N)CCCCC3)n2n1. The van der Waals surface area contributed by atoms with Crippen LogP contribution < -0.4 is 5.32 Å². The number of nitrogens with zero attached hydrogens (tertiary/aromatic N) is 5. The van der Waals surface area contributed by atoms with Crippen molar-refractivity contribution in [3.05, 3.63) is 30.1 Å². The van der Waals surface area contributed by atoms with Gasteiger partial charge >= 0.3 is 0 Å². The van der Waals surface area contributed by atoms with E-state index < -0.39 is 10.8 Å². The lowest BCUT2D eigenvalue weighted by Gasteiger charge is -2.32. The summed E-state index contributed by atoms with van der Waals surface area (Å²) in [5.41, 5.74) is 0.817. The van der Waals surface area contributed by atoms with Crippen LogP contribution >= 0.6 is 11.8 Å². The van der Waals surface area contributed by atoms with Crippen LogP contribution in [0.25, 0.3) is 16.6 Å². The maximum Gasteiger partial charge on any atom is 0.234 e. The molecule has 0 saturated heterocycles. The van der Waals surface area contributed by atoms with Crippen molar-refractivity contribution < 1.29 is 4.79 Å². The van der Waals surface area contributed by atoms with Crippen molar-refractivity contribution in [1.29, 1.82) is 5.26 Å². The Bertz CT molecular complexity index is 1080. The number of hydrogen-bond acceptors (Lipinski definition) is 6. The number of aromatic nitrogens is 4. The number of carbonyl (C=O) groups excluding carboxylic acids is 1. The second-order valence-corrected chi connectivity index (χ2v) is 8.62. The molecular formula is C20H22N6OS. The Morgan fingerprint density at radius 1 is 1.29 bits per heavy atom. The number of amides is 1. The molecule has 7 nitrogen and oxygen atoms in total. The lowest BCUT2D eigenvalue weighted by molar-refractivity contribution is -0.121. The molecular weight excluding hydrogens is 372 g/mol. The number of para-hydroxylation sites is 1. The Hall–Kier alpha value is -2.66. The summed E-state index contributed by atoms with van der Waals surface area (Å²) in [7, 11) is 0. The van der Waals surface area contributed by atoms with Gasteiger partial charge in [-0.2, -0.15) is 9.78 Å². The first kappa shape index (κ1) is 18.7. The van der Waals surface area contributed by atoms with Crippen molar-refractivity contribution in [3.8, 4) is 6.07 Å². The molecule has 0 aliphatic heterocycles. The molecule has 0 bridgehead atoms. The second kappa shape index (κ2) is 7.40. The highest BCUT2D eigenvalue weighted by molar-refractivity contribution is 8.00. The van der Waals surface area contributed by atoms with Gasteiger partial charge in [0.1, 0.15) is 11.4 Å². The molecule has 1 atom stereocenters. The van der Waals surface area contributed by atoms with E-state index in [1.165, 1.54) is 11.8 Å². The van der Waals surface area contributed by atoms with Gasteiger partial charge < -0.3 is 5.32 Å². The summed E-state index contributed by atoms with van der Waals surface area (Å²) in [4.78, 5) is 22.1. The number of fused-ring (bicyclic) bond motifs is 3. The quantitative estimate of drug-likeness (QED) is 0.538. The maximum atomic E-state index is 12.8. The first-order valence-corrected chi connectivity index (χ1v) is 10.4. The van der Waals surface area contributed by atoms with Crippen LogP contribution in [-0.2, 0) is 4.79 Å². The number of nitriles is 1. The summed E-state index contributed by atoms with van der Waals surface area (Å²) in [6.07, 6.45) is 4.50. The Balaban J connectivity index is 1.61. The summed E-state index contributed by atoms with van der Waals surface area (Å²) in [5.74, 6) is 0.510. The first-order valence-electron chi connectivity index (χ1n) is 9.53. The number of hydrogen-bond donors (Lipinski definition) is 1. The van der Waals surface area contributed by atoms with E-state index in [1.54, 1.807) is 4.52 Å². The molecule has 8 heteroatoms. The van der Waals surface area contributed by atoms with Crippen LogP contribution in [0.2, 0.25) is 0 Å². The van der Waals surface area contributed by atoms with Crippen molar-refractivity contribution in [2.75, 3.05) is 0 Å². The molecule has 1 amide bonds. The van der Waals surface area contributed by atoms with E-state index in [-0.39, 0.29) is 5.91 Å². The molecule has 2 aromatic heterocycles. The monoisotopic (exact) mass is 394 g/mol. The molecule has 1 aliphatic rings. The Morgan fingerprint density at radius 3 is 2.79 bits per heavy atom. The van der Waals surface area contributed by atoms with Crippen LogP contribution in [0.1, 0.15) is 44.9 Å². The molecule has 0 spiro atoms. The highest BCUT2D eigenvalue weighted by Gasteiger charge is 2.35. The highest BCUT2D eigenvalue weighted by atomic mass is 32.2. The van der Waals surface area contributed by atoms with Gasteiger partial charge in [0.25, 0.3) is 0 Å². The summed E-state index contributed by atoms with van der Waals surface area (Å²) in [6.45, 7) is 3.67. The maximum absolute atomic E-state index is 12.8. The van der Waals surface area contributed by atoms with Gasteiger partial charge in [0, 0.05) is 5.39 Å². The van der Waals surface area contributed by atoms with Crippen LogP contribution in [0.5, 0.6) is 0 Å². The number of nitrogens with one attached hydrogen (secondary N) is 1. The molecule has 4 rings (SSSR count). The number of carbonyl (C=O) groups is 1. The fourth-order valence-electron chi connectivity index (χ4n) is 3.68. The number of benzene rings is 1. The Labute approximate surface area is 167 Å². The van der Waals surface area contributed by atoms with Crippen LogP contribution in [0.3, 0.4) is 0 Å². The minimum Gasteiger partial charge on any atom is -0.337 e. The fourth-order valence-corrected chi connectivity index (χ4v) is 4.54. The minimum absolute atomic E-state index is 0.145. The highest BCUT2D eigenvalue weighted by Crippen LogP contribution is 2.30. The molecule has 1 unspecified atom stereocenters.